The third-order valence-corrected chi connectivity index (χ3v) is 2.06. The normalized spacial score (nSPS) is 12.4. The van der Waals surface area contributed by atoms with Crippen molar-refractivity contribution in [1.29, 1.82) is 0 Å². The topological polar surface area (TPSA) is 69.6 Å². The first-order chi connectivity index (χ1) is 8.69. The zero-order valence-corrected chi connectivity index (χ0v) is 10.3. The predicted octanol–water partition coefficient (Wildman–Crippen LogP) is 1.45. The molecule has 8 heteroatoms. The van der Waals surface area contributed by atoms with Gasteiger partial charge in [0.2, 0.25) is 0 Å². The Morgan fingerprint density at radius 3 is 2.42 bits per heavy atom. The lowest BCUT2D eigenvalue weighted by Gasteiger charge is -2.24. The average Bonchev–Trinajstić information content (AvgIpc) is 2.24. The average molecular weight is 280 g/mol. The van der Waals surface area contributed by atoms with Gasteiger partial charge in [0, 0.05) is 0 Å². The molecule has 0 rings (SSSR count). The van der Waals surface area contributed by atoms with Crippen molar-refractivity contribution < 1.29 is 27.9 Å². The van der Waals surface area contributed by atoms with Crippen LogP contribution in [-0.4, -0.2) is 47.3 Å². The summed E-state index contributed by atoms with van der Waals surface area (Å²) in [7, 11) is 0. The number of urea groups is 1. The van der Waals surface area contributed by atoms with E-state index in [1.807, 2.05) is 0 Å². The van der Waals surface area contributed by atoms with Crippen LogP contribution in [0, 0.1) is 12.3 Å². The fourth-order valence-electron chi connectivity index (χ4n) is 1.31. The third-order valence-electron chi connectivity index (χ3n) is 2.06. The van der Waals surface area contributed by atoms with Gasteiger partial charge in [0.1, 0.15) is 13.1 Å². The molecule has 0 bridgehead atoms. The highest BCUT2D eigenvalue weighted by Gasteiger charge is 2.34. The van der Waals surface area contributed by atoms with E-state index in [-0.39, 0.29) is 4.90 Å². The smallest absolute Gasteiger partial charge is 0.406 e. The molecule has 0 saturated carbocycles. The maximum atomic E-state index is 12.2. The Bertz CT molecular complexity index is 363. The number of aliphatic carboxylic acids is 1. The summed E-state index contributed by atoms with van der Waals surface area (Å²) in [6.45, 7) is -0.898. The third kappa shape index (κ3) is 7.91. The molecule has 0 heterocycles. The molecule has 0 spiro atoms. The summed E-state index contributed by atoms with van der Waals surface area (Å²) in [6.07, 6.45) is 1.47. The van der Waals surface area contributed by atoms with Crippen LogP contribution in [0.15, 0.2) is 0 Å². The van der Waals surface area contributed by atoms with Crippen LogP contribution < -0.4 is 5.32 Å². The van der Waals surface area contributed by atoms with Crippen LogP contribution in [0.4, 0.5) is 18.0 Å². The molecule has 19 heavy (non-hydrogen) atoms. The van der Waals surface area contributed by atoms with E-state index in [4.69, 9.17) is 11.5 Å². The van der Waals surface area contributed by atoms with Crippen molar-refractivity contribution in [3.05, 3.63) is 0 Å². The molecule has 0 aliphatic rings. The summed E-state index contributed by atoms with van der Waals surface area (Å²) >= 11 is 0. The molecule has 0 saturated heterocycles. The minimum Gasteiger partial charge on any atom is -0.480 e. The van der Waals surface area contributed by atoms with Crippen LogP contribution in [0.25, 0.3) is 0 Å². The Balaban J connectivity index is 4.71. The lowest BCUT2D eigenvalue weighted by molar-refractivity contribution is -0.149. The van der Waals surface area contributed by atoms with Crippen molar-refractivity contribution in [2.45, 2.75) is 32.0 Å². The molecule has 0 aromatic rings. The first-order valence-electron chi connectivity index (χ1n) is 5.49. The molecule has 108 valence electrons. The number of rotatable bonds is 6. The van der Waals surface area contributed by atoms with Gasteiger partial charge in [0.15, 0.2) is 0 Å². The second kappa shape index (κ2) is 7.51. The number of amides is 2. The van der Waals surface area contributed by atoms with Gasteiger partial charge in [-0.1, -0.05) is 19.3 Å². The standard InChI is InChI=1S/C11H15F3N2O3/c1-3-5-8(4-2)15-10(19)16(6-9(17)18)7-11(12,13)14/h2,8H,3,5-7H2,1H3,(H,15,19)(H,17,18). The molecule has 2 N–H and O–H groups in total. The fourth-order valence-corrected chi connectivity index (χ4v) is 1.31. The zero-order valence-electron chi connectivity index (χ0n) is 10.3. The Morgan fingerprint density at radius 2 is 2.05 bits per heavy atom. The number of terminal acetylenes is 1. The predicted molar refractivity (Wildman–Crippen MR) is 61.3 cm³/mol. The molecule has 5 nitrogen and oxygen atoms in total. The minimum absolute atomic E-state index is 0.155. The second-order valence-electron chi connectivity index (χ2n) is 3.82. The van der Waals surface area contributed by atoms with Crippen molar-refractivity contribution in [3.8, 4) is 12.3 Å². The van der Waals surface area contributed by atoms with Crippen molar-refractivity contribution in [3.63, 3.8) is 0 Å². The van der Waals surface area contributed by atoms with Gasteiger partial charge in [-0.2, -0.15) is 13.2 Å². The highest BCUT2D eigenvalue weighted by atomic mass is 19.4. The van der Waals surface area contributed by atoms with E-state index in [0.717, 1.165) is 0 Å². The van der Waals surface area contributed by atoms with Crippen LogP contribution in [0.5, 0.6) is 0 Å². The summed E-state index contributed by atoms with van der Waals surface area (Å²) in [5.41, 5.74) is 0. The first-order valence-corrected chi connectivity index (χ1v) is 5.49. The van der Waals surface area contributed by atoms with Crippen LogP contribution in [0.3, 0.4) is 0 Å². The number of nitrogens with one attached hydrogen (secondary N) is 1. The van der Waals surface area contributed by atoms with Crippen LogP contribution in [-0.2, 0) is 4.79 Å². The molecule has 1 unspecified atom stereocenters. The van der Waals surface area contributed by atoms with Gasteiger partial charge in [-0.3, -0.25) is 4.79 Å². The second-order valence-corrected chi connectivity index (χ2v) is 3.82. The molecular formula is C11H15F3N2O3. The SMILES string of the molecule is C#CC(CCC)NC(=O)N(CC(=O)O)CC(F)(F)F. The summed E-state index contributed by atoms with van der Waals surface area (Å²) in [4.78, 5) is 22.2. The molecule has 0 fully saturated rings. The molecule has 0 radical (unpaired) electrons. The molecule has 2 amide bonds. The molecule has 0 aromatic heterocycles. The van der Waals surface area contributed by atoms with E-state index in [9.17, 15) is 22.8 Å². The number of carboxylic acid groups (broad SMARTS) is 1. The van der Waals surface area contributed by atoms with Gasteiger partial charge in [-0.15, -0.1) is 6.42 Å². The van der Waals surface area contributed by atoms with Crippen molar-refractivity contribution in [2.75, 3.05) is 13.1 Å². The number of carbonyl (C=O) groups is 2. The highest BCUT2D eigenvalue weighted by molar-refractivity contribution is 5.80. The van der Waals surface area contributed by atoms with Crippen LogP contribution in [0.2, 0.25) is 0 Å². The lowest BCUT2D eigenvalue weighted by Crippen LogP contribution is -2.49. The van der Waals surface area contributed by atoms with E-state index in [1.165, 1.54) is 0 Å². The quantitative estimate of drug-likeness (QED) is 0.723. The number of carboxylic acids is 1. The van der Waals surface area contributed by atoms with E-state index in [2.05, 4.69) is 11.2 Å². The summed E-state index contributed by atoms with van der Waals surface area (Å²) in [5, 5.41) is 10.7. The van der Waals surface area contributed by atoms with Gasteiger partial charge in [0.05, 0.1) is 6.04 Å². The van der Waals surface area contributed by atoms with Gasteiger partial charge in [-0.05, 0) is 6.42 Å². The van der Waals surface area contributed by atoms with Crippen molar-refractivity contribution >= 4 is 12.0 Å². The summed E-state index contributed by atoms with van der Waals surface area (Å²) in [6, 6.07) is -1.86. The van der Waals surface area contributed by atoms with Gasteiger partial charge in [0.25, 0.3) is 0 Å². The van der Waals surface area contributed by atoms with Gasteiger partial charge >= 0.3 is 18.2 Å². The first kappa shape index (κ1) is 17.1. The number of hydrogen-bond acceptors (Lipinski definition) is 2. The molecule has 0 aromatic carbocycles. The molecule has 0 aliphatic carbocycles. The number of nitrogens with zero attached hydrogens (tertiary/aromatic N) is 1. The molecular weight excluding hydrogens is 265 g/mol. The minimum atomic E-state index is -4.68. The largest absolute Gasteiger partial charge is 0.480 e. The molecule has 0 aliphatic heterocycles. The van der Waals surface area contributed by atoms with E-state index >= 15 is 0 Å². The fraction of sp³-hybridized carbons (Fsp3) is 0.636. The van der Waals surface area contributed by atoms with Gasteiger partial charge in [-0.25, -0.2) is 4.79 Å². The van der Waals surface area contributed by atoms with E-state index < -0.39 is 37.3 Å². The Hall–Kier alpha value is -1.91. The monoisotopic (exact) mass is 280 g/mol. The maximum Gasteiger partial charge on any atom is 0.406 e. The Kier molecular flexibility index (Phi) is 6.75. The number of hydrogen-bond donors (Lipinski definition) is 2. The maximum absolute atomic E-state index is 12.2. The van der Waals surface area contributed by atoms with Crippen molar-refractivity contribution in [1.82, 2.24) is 10.2 Å². The van der Waals surface area contributed by atoms with Gasteiger partial charge < -0.3 is 15.3 Å². The van der Waals surface area contributed by atoms with Crippen LogP contribution in [0.1, 0.15) is 19.8 Å². The molecule has 1 atom stereocenters. The Morgan fingerprint density at radius 1 is 1.47 bits per heavy atom. The zero-order chi connectivity index (χ0) is 15.1. The number of alkyl halides is 3. The number of carbonyl (C=O) groups excluding carboxylic acids is 1. The highest BCUT2D eigenvalue weighted by Crippen LogP contribution is 2.16. The lowest BCUT2D eigenvalue weighted by atomic mass is 10.2. The van der Waals surface area contributed by atoms with E-state index in [0.29, 0.717) is 12.8 Å². The van der Waals surface area contributed by atoms with Crippen LogP contribution >= 0.6 is 0 Å². The summed E-state index contributed by atoms with van der Waals surface area (Å²) < 4.78 is 36.7. The Labute approximate surface area is 108 Å². The number of halogens is 3. The van der Waals surface area contributed by atoms with E-state index in [1.54, 1.807) is 6.92 Å². The summed E-state index contributed by atoms with van der Waals surface area (Å²) in [5.74, 6) is 0.683. The van der Waals surface area contributed by atoms with Crippen molar-refractivity contribution in [2.24, 2.45) is 0 Å².